The van der Waals surface area contributed by atoms with Gasteiger partial charge in [0.15, 0.2) is 5.13 Å². The minimum absolute atomic E-state index is 0.0278. The standard InChI is InChI=1S/C16H19N3O3S/c20-10-4-9-17-15(22)13-11-23-16(18-13)19-14(21)8-7-12-5-2-1-3-6-12/h1-3,5-6,11,20H,4,7-10H2,(H,17,22)(H,18,19,21). The van der Waals surface area contributed by atoms with Gasteiger partial charge in [0.05, 0.1) is 0 Å². The van der Waals surface area contributed by atoms with Crippen LogP contribution in [-0.2, 0) is 11.2 Å². The Morgan fingerprint density at radius 2 is 2.00 bits per heavy atom. The van der Waals surface area contributed by atoms with E-state index in [1.54, 1.807) is 5.38 Å². The van der Waals surface area contributed by atoms with Crippen LogP contribution >= 0.6 is 11.3 Å². The molecular weight excluding hydrogens is 314 g/mol. The van der Waals surface area contributed by atoms with Gasteiger partial charge in [0.1, 0.15) is 5.69 Å². The molecule has 2 rings (SSSR count). The number of aryl methyl sites for hydroxylation is 1. The van der Waals surface area contributed by atoms with Crippen molar-refractivity contribution in [3.8, 4) is 0 Å². The molecule has 0 aliphatic carbocycles. The first-order valence-corrected chi connectivity index (χ1v) is 8.25. The number of aliphatic hydroxyl groups is 1. The highest BCUT2D eigenvalue weighted by Crippen LogP contribution is 2.16. The highest BCUT2D eigenvalue weighted by atomic mass is 32.1. The maximum Gasteiger partial charge on any atom is 0.270 e. The molecule has 2 aromatic rings. The molecule has 0 atom stereocenters. The lowest BCUT2D eigenvalue weighted by molar-refractivity contribution is -0.116. The molecule has 7 heteroatoms. The van der Waals surface area contributed by atoms with Gasteiger partial charge >= 0.3 is 0 Å². The Morgan fingerprint density at radius 3 is 2.74 bits per heavy atom. The maximum atomic E-state index is 11.9. The third kappa shape index (κ3) is 5.80. The first kappa shape index (κ1) is 17.1. The first-order chi connectivity index (χ1) is 11.2. The molecule has 0 bridgehead atoms. The number of aromatic nitrogens is 1. The minimum Gasteiger partial charge on any atom is -0.396 e. The number of nitrogens with one attached hydrogen (secondary N) is 2. The van der Waals surface area contributed by atoms with Gasteiger partial charge in [-0.25, -0.2) is 4.98 Å². The van der Waals surface area contributed by atoms with E-state index in [-0.39, 0.29) is 24.1 Å². The molecule has 0 spiro atoms. The van der Waals surface area contributed by atoms with Crippen LogP contribution in [0.15, 0.2) is 35.7 Å². The summed E-state index contributed by atoms with van der Waals surface area (Å²) in [5, 5.41) is 16.0. The van der Waals surface area contributed by atoms with Crippen LogP contribution in [0.1, 0.15) is 28.9 Å². The van der Waals surface area contributed by atoms with Crippen molar-refractivity contribution < 1.29 is 14.7 Å². The zero-order valence-corrected chi connectivity index (χ0v) is 13.4. The summed E-state index contributed by atoms with van der Waals surface area (Å²) < 4.78 is 0. The number of nitrogens with zero attached hydrogens (tertiary/aromatic N) is 1. The Balaban J connectivity index is 1.79. The second kappa shape index (κ2) is 9.02. The number of hydrogen-bond donors (Lipinski definition) is 3. The van der Waals surface area contributed by atoms with Crippen LogP contribution in [0.25, 0.3) is 0 Å². The first-order valence-electron chi connectivity index (χ1n) is 7.37. The number of benzene rings is 1. The second-order valence-corrected chi connectivity index (χ2v) is 5.76. The molecule has 1 aromatic heterocycles. The Bertz CT molecular complexity index is 643. The van der Waals surface area contributed by atoms with Crippen LogP contribution in [0.5, 0.6) is 0 Å². The van der Waals surface area contributed by atoms with Crippen molar-refractivity contribution >= 4 is 28.3 Å². The number of anilines is 1. The monoisotopic (exact) mass is 333 g/mol. The normalized spacial score (nSPS) is 10.3. The predicted molar refractivity (Wildman–Crippen MR) is 89.5 cm³/mol. The van der Waals surface area contributed by atoms with Gasteiger partial charge in [-0.2, -0.15) is 0 Å². The van der Waals surface area contributed by atoms with Gasteiger partial charge in [-0.15, -0.1) is 11.3 Å². The van der Waals surface area contributed by atoms with Crippen molar-refractivity contribution in [2.75, 3.05) is 18.5 Å². The van der Waals surface area contributed by atoms with Crippen molar-refractivity contribution in [2.45, 2.75) is 19.3 Å². The van der Waals surface area contributed by atoms with Crippen molar-refractivity contribution in [3.05, 3.63) is 47.0 Å². The van der Waals surface area contributed by atoms with E-state index in [1.807, 2.05) is 30.3 Å². The van der Waals surface area contributed by atoms with Crippen LogP contribution in [0, 0.1) is 0 Å². The molecule has 0 saturated carbocycles. The highest BCUT2D eigenvalue weighted by molar-refractivity contribution is 7.14. The van der Waals surface area contributed by atoms with E-state index in [0.29, 0.717) is 30.9 Å². The maximum absolute atomic E-state index is 11.9. The number of aliphatic hydroxyl groups excluding tert-OH is 1. The Labute approximate surface area is 138 Å². The molecule has 0 aliphatic rings. The van der Waals surface area contributed by atoms with Crippen molar-refractivity contribution in [2.24, 2.45) is 0 Å². The molecule has 0 unspecified atom stereocenters. The summed E-state index contributed by atoms with van der Waals surface area (Å²) in [7, 11) is 0. The van der Waals surface area contributed by atoms with Gasteiger partial charge in [-0.3, -0.25) is 9.59 Å². The quantitative estimate of drug-likeness (QED) is 0.643. The van der Waals surface area contributed by atoms with Crippen molar-refractivity contribution in [1.82, 2.24) is 10.3 Å². The number of rotatable bonds is 8. The summed E-state index contributed by atoms with van der Waals surface area (Å²) in [6, 6.07) is 9.77. The average molecular weight is 333 g/mol. The number of carbonyl (C=O) groups is 2. The average Bonchev–Trinajstić information content (AvgIpc) is 3.02. The largest absolute Gasteiger partial charge is 0.396 e. The highest BCUT2D eigenvalue weighted by Gasteiger charge is 2.12. The van der Waals surface area contributed by atoms with E-state index in [4.69, 9.17) is 5.11 Å². The van der Waals surface area contributed by atoms with E-state index >= 15 is 0 Å². The topological polar surface area (TPSA) is 91.3 Å². The van der Waals surface area contributed by atoms with Crippen LogP contribution < -0.4 is 10.6 Å². The van der Waals surface area contributed by atoms with E-state index in [9.17, 15) is 9.59 Å². The Hall–Kier alpha value is -2.25. The molecule has 0 fully saturated rings. The van der Waals surface area contributed by atoms with Gasteiger partial charge in [0.25, 0.3) is 5.91 Å². The zero-order chi connectivity index (χ0) is 16.5. The lowest BCUT2D eigenvalue weighted by Crippen LogP contribution is -2.25. The molecular formula is C16H19N3O3S. The third-order valence-electron chi connectivity index (χ3n) is 3.09. The SMILES string of the molecule is O=C(CCc1ccccc1)Nc1nc(C(=O)NCCCO)cs1. The fraction of sp³-hybridized carbons (Fsp3) is 0.312. The number of carbonyl (C=O) groups excluding carboxylic acids is 2. The van der Waals surface area contributed by atoms with Gasteiger partial charge in [-0.1, -0.05) is 30.3 Å². The molecule has 0 radical (unpaired) electrons. The van der Waals surface area contributed by atoms with Gasteiger partial charge < -0.3 is 15.7 Å². The van der Waals surface area contributed by atoms with Crippen molar-refractivity contribution in [1.29, 1.82) is 0 Å². The summed E-state index contributed by atoms with van der Waals surface area (Å²) in [5.74, 6) is -0.435. The molecule has 122 valence electrons. The van der Waals surface area contributed by atoms with E-state index < -0.39 is 0 Å². The summed E-state index contributed by atoms with van der Waals surface area (Å²) in [6.45, 7) is 0.422. The smallest absolute Gasteiger partial charge is 0.270 e. The van der Waals surface area contributed by atoms with Crippen molar-refractivity contribution in [3.63, 3.8) is 0 Å². The number of amides is 2. The van der Waals surface area contributed by atoms with Gasteiger partial charge in [0, 0.05) is 25.0 Å². The molecule has 0 aliphatic heterocycles. The Morgan fingerprint density at radius 1 is 1.22 bits per heavy atom. The fourth-order valence-corrected chi connectivity index (χ4v) is 2.60. The van der Waals surface area contributed by atoms with Crippen LogP contribution in [-0.4, -0.2) is 35.1 Å². The molecule has 0 saturated heterocycles. The summed E-state index contributed by atoms with van der Waals surface area (Å²) >= 11 is 1.21. The molecule has 1 heterocycles. The van der Waals surface area contributed by atoms with Gasteiger partial charge in [-0.05, 0) is 18.4 Å². The third-order valence-corrected chi connectivity index (χ3v) is 3.84. The lowest BCUT2D eigenvalue weighted by Gasteiger charge is -2.02. The molecule has 6 nitrogen and oxygen atoms in total. The lowest BCUT2D eigenvalue weighted by atomic mass is 10.1. The number of thiazole rings is 1. The van der Waals surface area contributed by atoms with Crippen LogP contribution in [0.4, 0.5) is 5.13 Å². The molecule has 2 amide bonds. The van der Waals surface area contributed by atoms with E-state index in [0.717, 1.165) is 5.56 Å². The fourth-order valence-electron chi connectivity index (χ4n) is 1.89. The van der Waals surface area contributed by atoms with Crippen LogP contribution in [0.2, 0.25) is 0 Å². The summed E-state index contributed by atoms with van der Waals surface area (Å²) in [5.41, 5.74) is 1.37. The zero-order valence-electron chi connectivity index (χ0n) is 12.6. The second-order valence-electron chi connectivity index (χ2n) is 4.90. The van der Waals surface area contributed by atoms with E-state index in [2.05, 4.69) is 15.6 Å². The molecule has 3 N–H and O–H groups in total. The Kier molecular flexibility index (Phi) is 6.71. The van der Waals surface area contributed by atoms with Crippen LogP contribution in [0.3, 0.4) is 0 Å². The summed E-state index contributed by atoms with van der Waals surface area (Å²) in [4.78, 5) is 27.8. The summed E-state index contributed by atoms with van der Waals surface area (Å²) in [6.07, 6.45) is 1.52. The van der Waals surface area contributed by atoms with E-state index in [1.165, 1.54) is 11.3 Å². The molecule has 23 heavy (non-hydrogen) atoms. The van der Waals surface area contributed by atoms with Gasteiger partial charge in [0.2, 0.25) is 5.91 Å². The predicted octanol–water partition coefficient (Wildman–Crippen LogP) is 1.83. The molecule has 1 aromatic carbocycles. The number of hydrogen-bond acceptors (Lipinski definition) is 5. The minimum atomic E-state index is -0.306.